The number of halogens is 3. The number of anilines is 1. The number of hydrogen-bond donors (Lipinski definition) is 1. The zero-order chi connectivity index (χ0) is 13.6. The van der Waals surface area contributed by atoms with Gasteiger partial charge in [-0.1, -0.05) is 6.07 Å². The largest absolute Gasteiger partial charge is 0.489 e. The molecular formula is C16H22Cl3N3O. The van der Waals surface area contributed by atoms with E-state index in [1.165, 1.54) is 5.69 Å². The summed E-state index contributed by atoms with van der Waals surface area (Å²) in [5, 5.41) is 3.36. The summed E-state index contributed by atoms with van der Waals surface area (Å²) in [4.78, 5) is 6.47. The number of benzene rings is 1. The zero-order valence-corrected chi connectivity index (χ0v) is 15.1. The Morgan fingerprint density at radius 2 is 1.70 bits per heavy atom. The van der Waals surface area contributed by atoms with Gasteiger partial charge in [0.1, 0.15) is 12.4 Å². The minimum atomic E-state index is 0. The van der Waals surface area contributed by atoms with Crippen LogP contribution in [0.25, 0.3) is 0 Å². The van der Waals surface area contributed by atoms with E-state index in [4.69, 9.17) is 4.74 Å². The van der Waals surface area contributed by atoms with Gasteiger partial charge in [0.15, 0.2) is 0 Å². The van der Waals surface area contributed by atoms with Crippen LogP contribution < -0.4 is 15.0 Å². The average Bonchev–Trinajstić information content (AvgIpc) is 2.55. The molecule has 1 fully saturated rings. The zero-order valence-electron chi connectivity index (χ0n) is 12.7. The molecule has 0 bridgehead atoms. The van der Waals surface area contributed by atoms with Gasteiger partial charge in [-0.05, 0) is 30.3 Å². The summed E-state index contributed by atoms with van der Waals surface area (Å²) in [7, 11) is 0. The Hall–Kier alpha value is -1.20. The Morgan fingerprint density at radius 1 is 1.00 bits per heavy atom. The lowest BCUT2D eigenvalue weighted by Gasteiger charge is -2.29. The molecule has 23 heavy (non-hydrogen) atoms. The first-order valence-corrected chi connectivity index (χ1v) is 6.99. The second-order valence-electron chi connectivity index (χ2n) is 4.88. The molecule has 4 nitrogen and oxygen atoms in total. The quantitative estimate of drug-likeness (QED) is 0.885. The van der Waals surface area contributed by atoms with Crippen LogP contribution in [-0.2, 0) is 6.61 Å². The molecule has 1 aromatic carbocycles. The van der Waals surface area contributed by atoms with Gasteiger partial charge in [0, 0.05) is 49.8 Å². The van der Waals surface area contributed by atoms with E-state index < -0.39 is 0 Å². The first-order valence-electron chi connectivity index (χ1n) is 6.99. The van der Waals surface area contributed by atoms with E-state index in [0.717, 1.165) is 37.5 Å². The number of ether oxygens (including phenoxy) is 1. The van der Waals surface area contributed by atoms with Crippen molar-refractivity contribution in [1.82, 2.24) is 10.3 Å². The Balaban J connectivity index is 0.00000161. The number of nitrogens with zero attached hydrogens (tertiary/aromatic N) is 2. The van der Waals surface area contributed by atoms with Crippen molar-refractivity contribution in [3.05, 3.63) is 54.4 Å². The maximum Gasteiger partial charge on any atom is 0.119 e. The minimum Gasteiger partial charge on any atom is -0.489 e. The van der Waals surface area contributed by atoms with Crippen molar-refractivity contribution in [1.29, 1.82) is 0 Å². The van der Waals surface area contributed by atoms with Crippen molar-refractivity contribution in [2.24, 2.45) is 0 Å². The standard InChI is InChI=1S/C16H19N3O.3ClH/c1-2-14(12-18-7-1)13-20-16-5-3-15(4-6-16)19-10-8-17-9-11-19;;;/h1-7,12,17H,8-11,13H2;3*1H. The molecule has 128 valence electrons. The van der Waals surface area contributed by atoms with E-state index in [2.05, 4.69) is 27.3 Å². The molecule has 2 heterocycles. The van der Waals surface area contributed by atoms with Crippen LogP contribution in [0.2, 0.25) is 0 Å². The van der Waals surface area contributed by atoms with Crippen molar-refractivity contribution in [3.8, 4) is 5.75 Å². The summed E-state index contributed by atoms with van der Waals surface area (Å²) in [6.07, 6.45) is 3.60. The number of hydrogen-bond acceptors (Lipinski definition) is 4. The van der Waals surface area contributed by atoms with Crippen molar-refractivity contribution >= 4 is 42.9 Å². The Kier molecular flexibility index (Phi) is 10.8. The summed E-state index contributed by atoms with van der Waals surface area (Å²) in [6.45, 7) is 4.80. The molecule has 1 aromatic heterocycles. The van der Waals surface area contributed by atoms with Gasteiger partial charge < -0.3 is 15.0 Å². The van der Waals surface area contributed by atoms with Gasteiger partial charge in [-0.3, -0.25) is 4.98 Å². The molecular weight excluding hydrogens is 357 g/mol. The van der Waals surface area contributed by atoms with Crippen molar-refractivity contribution in [2.75, 3.05) is 31.1 Å². The lowest BCUT2D eigenvalue weighted by molar-refractivity contribution is 0.306. The topological polar surface area (TPSA) is 37.4 Å². The maximum atomic E-state index is 5.76. The number of aromatic nitrogens is 1. The highest BCUT2D eigenvalue weighted by Gasteiger charge is 2.09. The van der Waals surface area contributed by atoms with E-state index in [1.54, 1.807) is 6.20 Å². The SMILES string of the molecule is Cl.Cl.Cl.c1cncc(COc2ccc(N3CCNCC3)cc2)c1. The van der Waals surface area contributed by atoms with Crippen LogP contribution in [0.3, 0.4) is 0 Å². The molecule has 7 heteroatoms. The number of piperazine rings is 1. The molecule has 0 spiro atoms. The fourth-order valence-electron chi connectivity index (χ4n) is 2.33. The van der Waals surface area contributed by atoms with E-state index >= 15 is 0 Å². The van der Waals surface area contributed by atoms with Gasteiger partial charge in [0.25, 0.3) is 0 Å². The van der Waals surface area contributed by atoms with E-state index in [0.29, 0.717) is 6.61 Å². The third kappa shape index (κ3) is 6.43. The molecule has 0 saturated carbocycles. The summed E-state index contributed by atoms with van der Waals surface area (Å²) in [5.41, 5.74) is 2.35. The highest BCUT2D eigenvalue weighted by molar-refractivity contribution is 5.86. The molecule has 1 aliphatic heterocycles. The molecule has 1 N–H and O–H groups in total. The molecule has 0 amide bonds. The van der Waals surface area contributed by atoms with Gasteiger partial charge in [-0.25, -0.2) is 0 Å². The first kappa shape index (κ1) is 21.8. The van der Waals surface area contributed by atoms with Crippen LogP contribution in [-0.4, -0.2) is 31.2 Å². The third-order valence-corrected chi connectivity index (χ3v) is 3.45. The van der Waals surface area contributed by atoms with Crippen molar-refractivity contribution in [3.63, 3.8) is 0 Å². The molecule has 0 unspecified atom stereocenters. The van der Waals surface area contributed by atoms with Gasteiger partial charge in [-0.2, -0.15) is 0 Å². The summed E-state index contributed by atoms with van der Waals surface area (Å²) in [6, 6.07) is 12.3. The van der Waals surface area contributed by atoms with Crippen LogP contribution in [0.4, 0.5) is 5.69 Å². The second kappa shape index (κ2) is 11.4. The van der Waals surface area contributed by atoms with Gasteiger partial charge in [-0.15, -0.1) is 37.2 Å². The van der Waals surface area contributed by atoms with Gasteiger partial charge >= 0.3 is 0 Å². The van der Waals surface area contributed by atoms with Crippen molar-refractivity contribution in [2.45, 2.75) is 6.61 Å². The predicted octanol–water partition coefficient (Wildman–Crippen LogP) is 3.34. The summed E-state index contributed by atoms with van der Waals surface area (Å²) < 4.78 is 5.76. The average molecular weight is 379 g/mol. The van der Waals surface area contributed by atoms with Crippen LogP contribution in [0.1, 0.15) is 5.56 Å². The maximum absolute atomic E-state index is 5.76. The highest BCUT2D eigenvalue weighted by atomic mass is 35.5. The number of pyridine rings is 1. The summed E-state index contributed by atoms with van der Waals surface area (Å²) >= 11 is 0. The monoisotopic (exact) mass is 377 g/mol. The fourth-order valence-corrected chi connectivity index (χ4v) is 2.33. The Labute approximate surface area is 155 Å². The molecule has 1 aliphatic rings. The fraction of sp³-hybridized carbons (Fsp3) is 0.312. The lowest BCUT2D eigenvalue weighted by atomic mass is 10.2. The van der Waals surface area contributed by atoms with Crippen LogP contribution in [0, 0.1) is 0 Å². The number of nitrogens with one attached hydrogen (secondary N) is 1. The molecule has 0 aliphatic carbocycles. The highest BCUT2D eigenvalue weighted by Crippen LogP contribution is 2.20. The first-order chi connectivity index (χ1) is 9.92. The van der Waals surface area contributed by atoms with E-state index in [-0.39, 0.29) is 37.2 Å². The summed E-state index contributed by atoms with van der Waals surface area (Å²) in [5.74, 6) is 0.896. The van der Waals surface area contributed by atoms with Crippen molar-refractivity contribution < 1.29 is 4.74 Å². The molecule has 2 aromatic rings. The minimum absolute atomic E-state index is 0. The Bertz CT molecular complexity index is 534. The lowest BCUT2D eigenvalue weighted by Crippen LogP contribution is -2.43. The molecule has 1 saturated heterocycles. The smallest absolute Gasteiger partial charge is 0.119 e. The second-order valence-corrected chi connectivity index (χ2v) is 4.88. The molecule has 3 rings (SSSR count). The molecule has 0 atom stereocenters. The van der Waals surface area contributed by atoms with E-state index in [9.17, 15) is 0 Å². The normalized spacial score (nSPS) is 13.1. The van der Waals surface area contributed by atoms with Gasteiger partial charge in [0.2, 0.25) is 0 Å². The Morgan fingerprint density at radius 3 is 2.30 bits per heavy atom. The van der Waals surface area contributed by atoms with E-state index in [1.807, 2.05) is 30.5 Å². The predicted molar refractivity (Wildman–Crippen MR) is 102 cm³/mol. The van der Waals surface area contributed by atoms with Crippen LogP contribution in [0.15, 0.2) is 48.8 Å². The van der Waals surface area contributed by atoms with Crippen LogP contribution >= 0.6 is 37.2 Å². The third-order valence-electron chi connectivity index (χ3n) is 3.45. The molecule has 0 radical (unpaired) electrons. The van der Waals surface area contributed by atoms with Gasteiger partial charge in [0.05, 0.1) is 0 Å². The number of rotatable bonds is 4. The van der Waals surface area contributed by atoms with Crippen LogP contribution in [0.5, 0.6) is 5.75 Å².